The van der Waals surface area contributed by atoms with Gasteiger partial charge in [0.25, 0.3) is 0 Å². The van der Waals surface area contributed by atoms with Gasteiger partial charge in [-0.1, -0.05) is 12.1 Å². The lowest BCUT2D eigenvalue weighted by molar-refractivity contribution is 0.157. The topological polar surface area (TPSA) is 74.9 Å². The molecule has 0 aliphatic heterocycles. The highest BCUT2D eigenvalue weighted by molar-refractivity contribution is 5.74. The number of aliphatic hydroxyl groups is 1. The molecule has 1 heterocycles. The minimum Gasteiger partial charge on any atom is -0.393 e. The molecule has 4 heteroatoms. The first-order chi connectivity index (χ1) is 7.79. The fourth-order valence-electron chi connectivity index (χ4n) is 1.76. The van der Waals surface area contributed by atoms with Gasteiger partial charge in [-0.05, 0) is 31.5 Å². The second-order valence-electron chi connectivity index (χ2n) is 3.97. The molecule has 1 aromatic heterocycles. The van der Waals surface area contributed by atoms with E-state index in [2.05, 4.69) is 9.97 Å². The van der Waals surface area contributed by atoms with Crippen LogP contribution >= 0.6 is 0 Å². The van der Waals surface area contributed by atoms with Crippen LogP contribution in [0.1, 0.15) is 18.7 Å². The Balaban J connectivity index is 1.99. The lowest BCUT2D eigenvalue weighted by Gasteiger charge is -2.06. The summed E-state index contributed by atoms with van der Waals surface area (Å²) in [6.07, 6.45) is 1.80. The summed E-state index contributed by atoms with van der Waals surface area (Å²) in [5.41, 5.74) is 7.40. The van der Waals surface area contributed by atoms with Crippen molar-refractivity contribution in [3.63, 3.8) is 0 Å². The molecule has 0 fully saturated rings. The first-order valence-corrected chi connectivity index (χ1v) is 5.61. The maximum Gasteiger partial charge on any atom is 0.107 e. The number of rotatable bonds is 5. The van der Waals surface area contributed by atoms with Crippen molar-refractivity contribution in [3.05, 3.63) is 30.1 Å². The molecule has 0 saturated heterocycles. The zero-order valence-electron chi connectivity index (χ0n) is 9.19. The van der Waals surface area contributed by atoms with Crippen molar-refractivity contribution in [3.8, 4) is 0 Å². The minimum atomic E-state index is -0.321. The Kier molecular flexibility index (Phi) is 3.54. The molecule has 0 aliphatic rings. The van der Waals surface area contributed by atoms with Crippen molar-refractivity contribution in [1.82, 2.24) is 9.97 Å². The summed E-state index contributed by atoms with van der Waals surface area (Å²) in [4.78, 5) is 7.69. The maximum absolute atomic E-state index is 9.56. The van der Waals surface area contributed by atoms with Crippen LogP contribution in [0.15, 0.2) is 24.3 Å². The number of imidazole rings is 1. The summed E-state index contributed by atoms with van der Waals surface area (Å²) in [5, 5.41) is 9.56. The van der Waals surface area contributed by atoms with Crippen molar-refractivity contribution < 1.29 is 5.11 Å². The average molecular weight is 219 g/mol. The molecule has 0 radical (unpaired) electrons. The number of aryl methyl sites for hydroxylation is 1. The normalized spacial score (nSPS) is 13.1. The zero-order valence-corrected chi connectivity index (χ0v) is 9.19. The van der Waals surface area contributed by atoms with E-state index >= 15 is 0 Å². The van der Waals surface area contributed by atoms with Crippen LogP contribution in [0, 0.1) is 0 Å². The Morgan fingerprint density at radius 3 is 2.88 bits per heavy atom. The van der Waals surface area contributed by atoms with Gasteiger partial charge in [-0.25, -0.2) is 4.98 Å². The van der Waals surface area contributed by atoms with Gasteiger partial charge in [0.05, 0.1) is 17.1 Å². The van der Waals surface area contributed by atoms with E-state index in [0.717, 1.165) is 23.3 Å². The van der Waals surface area contributed by atoms with E-state index in [0.29, 0.717) is 19.4 Å². The van der Waals surface area contributed by atoms with E-state index < -0.39 is 0 Å². The first kappa shape index (κ1) is 11.1. The van der Waals surface area contributed by atoms with Crippen molar-refractivity contribution in [1.29, 1.82) is 0 Å². The fraction of sp³-hybridized carbons (Fsp3) is 0.417. The quantitative estimate of drug-likeness (QED) is 0.707. The van der Waals surface area contributed by atoms with Crippen molar-refractivity contribution in [2.24, 2.45) is 5.73 Å². The molecule has 0 aliphatic carbocycles. The molecule has 1 atom stereocenters. The Morgan fingerprint density at radius 2 is 2.12 bits per heavy atom. The third-order valence-corrected chi connectivity index (χ3v) is 2.65. The third-order valence-electron chi connectivity index (χ3n) is 2.65. The monoisotopic (exact) mass is 219 g/mol. The molecule has 0 amide bonds. The lowest BCUT2D eigenvalue weighted by Crippen LogP contribution is -2.14. The predicted molar refractivity (Wildman–Crippen MR) is 64.1 cm³/mol. The first-order valence-electron chi connectivity index (χ1n) is 5.61. The number of aliphatic hydroxyl groups excluding tert-OH is 1. The van der Waals surface area contributed by atoms with Gasteiger partial charge < -0.3 is 15.8 Å². The number of nitrogens with two attached hydrogens (primary N) is 1. The van der Waals surface area contributed by atoms with E-state index in [9.17, 15) is 5.11 Å². The second-order valence-corrected chi connectivity index (χ2v) is 3.97. The maximum atomic E-state index is 9.56. The van der Waals surface area contributed by atoms with Crippen LogP contribution in [0.25, 0.3) is 11.0 Å². The highest BCUT2D eigenvalue weighted by Crippen LogP contribution is 2.12. The summed E-state index contributed by atoms with van der Waals surface area (Å²) in [5.74, 6) is 0.928. The Morgan fingerprint density at radius 1 is 1.31 bits per heavy atom. The van der Waals surface area contributed by atoms with E-state index in [-0.39, 0.29) is 6.10 Å². The average Bonchev–Trinajstić information content (AvgIpc) is 2.69. The molecule has 0 spiro atoms. The molecule has 0 saturated carbocycles. The molecular formula is C12H17N3O. The largest absolute Gasteiger partial charge is 0.393 e. The fourth-order valence-corrected chi connectivity index (χ4v) is 1.76. The highest BCUT2D eigenvalue weighted by atomic mass is 16.3. The Bertz CT molecular complexity index is 419. The molecule has 0 bridgehead atoms. The molecule has 4 nitrogen and oxygen atoms in total. The lowest BCUT2D eigenvalue weighted by atomic mass is 10.1. The third kappa shape index (κ3) is 2.59. The minimum absolute atomic E-state index is 0.321. The summed E-state index contributed by atoms with van der Waals surface area (Å²) in [6, 6.07) is 7.93. The highest BCUT2D eigenvalue weighted by Gasteiger charge is 2.06. The van der Waals surface area contributed by atoms with Gasteiger partial charge in [-0.2, -0.15) is 0 Å². The van der Waals surface area contributed by atoms with E-state index in [1.165, 1.54) is 0 Å². The smallest absolute Gasteiger partial charge is 0.107 e. The Labute approximate surface area is 94.5 Å². The second kappa shape index (κ2) is 5.09. The standard InChI is InChI=1S/C12H17N3O/c13-8-7-9(16)5-6-12-14-10-3-1-2-4-11(10)15-12/h1-4,9,16H,5-8,13H2,(H,14,15)/t9-/m1/s1. The van der Waals surface area contributed by atoms with Gasteiger partial charge in [-0.3, -0.25) is 0 Å². The summed E-state index contributed by atoms with van der Waals surface area (Å²) in [7, 11) is 0. The van der Waals surface area contributed by atoms with Crippen LogP contribution in [0.3, 0.4) is 0 Å². The molecular weight excluding hydrogens is 202 g/mol. The molecule has 2 rings (SSSR count). The van der Waals surface area contributed by atoms with Crippen molar-refractivity contribution in [2.75, 3.05) is 6.54 Å². The van der Waals surface area contributed by atoms with Gasteiger partial charge in [0.15, 0.2) is 0 Å². The number of hydrogen-bond acceptors (Lipinski definition) is 3. The number of aromatic nitrogens is 2. The van der Waals surface area contributed by atoms with Crippen LogP contribution in [0.5, 0.6) is 0 Å². The SMILES string of the molecule is NCC[C@H](O)CCc1nc2ccccc2[nH]1. The number of aromatic amines is 1. The number of nitrogens with one attached hydrogen (secondary N) is 1. The Hall–Kier alpha value is -1.39. The van der Waals surface area contributed by atoms with Crippen molar-refractivity contribution in [2.45, 2.75) is 25.4 Å². The number of nitrogens with zero attached hydrogens (tertiary/aromatic N) is 1. The molecule has 2 aromatic rings. The number of para-hydroxylation sites is 2. The van der Waals surface area contributed by atoms with Gasteiger partial charge in [0, 0.05) is 6.42 Å². The van der Waals surface area contributed by atoms with Gasteiger partial charge in [-0.15, -0.1) is 0 Å². The molecule has 86 valence electrons. The van der Waals surface area contributed by atoms with Gasteiger partial charge in [0.1, 0.15) is 5.82 Å². The van der Waals surface area contributed by atoms with E-state index in [1.807, 2.05) is 24.3 Å². The summed E-state index contributed by atoms with van der Waals surface area (Å²) in [6.45, 7) is 0.529. The van der Waals surface area contributed by atoms with Crippen LogP contribution in [0.2, 0.25) is 0 Å². The molecule has 16 heavy (non-hydrogen) atoms. The van der Waals surface area contributed by atoms with Gasteiger partial charge in [0.2, 0.25) is 0 Å². The van der Waals surface area contributed by atoms with Gasteiger partial charge >= 0.3 is 0 Å². The summed E-state index contributed by atoms with van der Waals surface area (Å²) >= 11 is 0. The van der Waals surface area contributed by atoms with Crippen LogP contribution in [-0.4, -0.2) is 27.7 Å². The van der Waals surface area contributed by atoms with Crippen molar-refractivity contribution >= 4 is 11.0 Å². The van der Waals surface area contributed by atoms with Crippen LogP contribution in [0.4, 0.5) is 0 Å². The van der Waals surface area contributed by atoms with E-state index in [1.54, 1.807) is 0 Å². The molecule has 4 N–H and O–H groups in total. The number of H-pyrrole nitrogens is 1. The summed E-state index contributed by atoms with van der Waals surface area (Å²) < 4.78 is 0. The molecule has 0 unspecified atom stereocenters. The predicted octanol–water partition coefficient (Wildman–Crippen LogP) is 1.21. The molecule has 1 aromatic carbocycles. The van der Waals surface area contributed by atoms with Crippen LogP contribution in [-0.2, 0) is 6.42 Å². The zero-order chi connectivity index (χ0) is 11.4. The number of benzene rings is 1. The number of fused-ring (bicyclic) bond motifs is 1. The van der Waals surface area contributed by atoms with E-state index in [4.69, 9.17) is 5.73 Å². The number of hydrogen-bond donors (Lipinski definition) is 3. The van der Waals surface area contributed by atoms with Crippen LogP contribution < -0.4 is 5.73 Å².